The van der Waals surface area contributed by atoms with Crippen molar-refractivity contribution in [2.75, 3.05) is 30.4 Å². The van der Waals surface area contributed by atoms with Crippen LogP contribution in [-0.2, 0) is 4.79 Å². The van der Waals surface area contributed by atoms with E-state index in [9.17, 15) is 4.79 Å². The SMILES string of the molecule is CN(CC(N)=O)c1cc(NCC2CC2)ncn1. The van der Waals surface area contributed by atoms with Gasteiger partial charge in [0.1, 0.15) is 18.0 Å². The number of nitrogens with two attached hydrogens (primary N) is 1. The third-order valence-corrected chi connectivity index (χ3v) is 2.71. The Hall–Kier alpha value is -1.85. The van der Waals surface area contributed by atoms with Crippen LogP contribution in [0.4, 0.5) is 11.6 Å². The lowest BCUT2D eigenvalue weighted by Crippen LogP contribution is -2.31. The van der Waals surface area contributed by atoms with Crippen LogP contribution < -0.4 is 16.0 Å². The molecule has 1 heterocycles. The summed E-state index contributed by atoms with van der Waals surface area (Å²) in [6, 6.07) is 1.82. The van der Waals surface area contributed by atoms with Crippen molar-refractivity contribution in [1.29, 1.82) is 0 Å². The maximum absolute atomic E-state index is 10.8. The third kappa shape index (κ3) is 3.58. The van der Waals surface area contributed by atoms with E-state index in [1.54, 1.807) is 11.9 Å². The molecule has 6 nitrogen and oxygen atoms in total. The fourth-order valence-electron chi connectivity index (χ4n) is 1.54. The number of amides is 1. The van der Waals surface area contributed by atoms with Gasteiger partial charge in [-0.25, -0.2) is 9.97 Å². The lowest BCUT2D eigenvalue weighted by atomic mass is 10.4. The number of hydrogen-bond acceptors (Lipinski definition) is 5. The van der Waals surface area contributed by atoms with Gasteiger partial charge in [-0.05, 0) is 18.8 Å². The minimum atomic E-state index is -0.376. The molecule has 6 heteroatoms. The zero-order valence-corrected chi connectivity index (χ0v) is 9.89. The van der Waals surface area contributed by atoms with E-state index in [0.29, 0.717) is 5.82 Å². The molecular weight excluding hydrogens is 218 g/mol. The van der Waals surface area contributed by atoms with Gasteiger partial charge in [0.25, 0.3) is 0 Å². The van der Waals surface area contributed by atoms with E-state index in [2.05, 4.69) is 15.3 Å². The van der Waals surface area contributed by atoms with Gasteiger partial charge in [-0.3, -0.25) is 4.79 Å². The first kappa shape index (κ1) is 11.6. The number of nitrogens with one attached hydrogen (secondary N) is 1. The van der Waals surface area contributed by atoms with Crippen molar-refractivity contribution < 1.29 is 4.79 Å². The molecule has 1 aliphatic carbocycles. The average Bonchev–Trinajstić information content (AvgIpc) is 3.10. The Labute approximate surface area is 100 Å². The zero-order chi connectivity index (χ0) is 12.3. The Balaban J connectivity index is 1.96. The lowest BCUT2D eigenvalue weighted by molar-refractivity contribution is -0.116. The van der Waals surface area contributed by atoms with Gasteiger partial charge >= 0.3 is 0 Å². The zero-order valence-electron chi connectivity index (χ0n) is 9.89. The molecular formula is C11H17N5O. The summed E-state index contributed by atoms with van der Waals surface area (Å²) in [6.45, 7) is 1.11. The molecule has 17 heavy (non-hydrogen) atoms. The number of carbonyl (C=O) groups excluding carboxylic acids is 1. The average molecular weight is 235 g/mol. The third-order valence-electron chi connectivity index (χ3n) is 2.71. The largest absolute Gasteiger partial charge is 0.370 e. The summed E-state index contributed by atoms with van der Waals surface area (Å²) in [4.78, 5) is 20.8. The molecule has 0 atom stereocenters. The standard InChI is InChI=1S/C11H17N5O/c1-16(6-9(12)17)11-4-10(14-7-15-11)13-5-8-2-3-8/h4,7-8H,2-3,5-6H2,1H3,(H2,12,17)(H,13,14,15). The fraction of sp³-hybridized carbons (Fsp3) is 0.545. The molecule has 1 amide bonds. The topological polar surface area (TPSA) is 84.1 Å². The summed E-state index contributed by atoms with van der Waals surface area (Å²) >= 11 is 0. The van der Waals surface area contributed by atoms with Crippen molar-refractivity contribution in [2.45, 2.75) is 12.8 Å². The summed E-state index contributed by atoms with van der Waals surface area (Å²) in [5.41, 5.74) is 5.14. The highest BCUT2D eigenvalue weighted by molar-refractivity contribution is 5.79. The van der Waals surface area contributed by atoms with E-state index >= 15 is 0 Å². The summed E-state index contributed by atoms with van der Waals surface area (Å²) in [7, 11) is 1.78. The normalized spacial score (nSPS) is 14.4. The smallest absolute Gasteiger partial charge is 0.236 e. The predicted octanol–water partition coefficient (Wildman–Crippen LogP) is 0.220. The van der Waals surface area contributed by atoms with E-state index in [1.807, 2.05) is 6.07 Å². The number of likely N-dealkylation sites (N-methyl/N-ethyl adjacent to an activating group) is 1. The Bertz CT molecular complexity index is 405. The number of primary amides is 1. The van der Waals surface area contributed by atoms with E-state index in [4.69, 9.17) is 5.73 Å². The molecule has 0 saturated heterocycles. The first-order valence-electron chi connectivity index (χ1n) is 5.70. The second kappa shape index (κ2) is 4.99. The van der Waals surface area contributed by atoms with Crippen LogP contribution in [0.25, 0.3) is 0 Å². The number of rotatable bonds is 6. The van der Waals surface area contributed by atoms with Gasteiger partial charge in [-0.2, -0.15) is 0 Å². The Morgan fingerprint density at radius 3 is 3.00 bits per heavy atom. The molecule has 1 aromatic rings. The number of carbonyl (C=O) groups is 1. The highest BCUT2D eigenvalue weighted by Gasteiger charge is 2.20. The molecule has 92 valence electrons. The summed E-state index contributed by atoms with van der Waals surface area (Å²) in [6.07, 6.45) is 4.08. The Morgan fingerprint density at radius 2 is 2.35 bits per heavy atom. The van der Waals surface area contributed by atoms with Crippen molar-refractivity contribution in [3.63, 3.8) is 0 Å². The van der Waals surface area contributed by atoms with Crippen LogP contribution >= 0.6 is 0 Å². The minimum Gasteiger partial charge on any atom is -0.370 e. The van der Waals surface area contributed by atoms with Gasteiger partial charge in [-0.15, -0.1) is 0 Å². The Kier molecular flexibility index (Phi) is 3.41. The lowest BCUT2D eigenvalue weighted by Gasteiger charge is -2.16. The fourth-order valence-corrected chi connectivity index (χ4v) is 1.54. The van der Waals surface area contributed by atoms with Crippen LogP contribution in [0.15, 0.2) is 12.4 Å². The molecule has 0 aliphatic heterocycles. The van der Waals surface area contributed by atoms with Gasteiger partial charge in [0.2, 0.25) is 5.91 Å². The van der Waals surface area contributed by atoms with Crippen molar-refractivity contribution >= 4 is 17.5 Å². The van der Waals surface area contributed by atoms with Gasteiger partial charge in [0.05, 0.1) is 6.54 Å². The van der Waals surface area contributed by atoms with Gasteiger partial charge < -0.3 is 16.0 Å². The van der Waals surface area contributed by atoms with Crippen LogP contribution in [0.3, 0.4) is 0 Å². The summed E-state index contributed by atoms with van der Waals surface area (Å²) in [5, 5.41) is 3.26. The predicted molar refractivity (Wildman–Crippen MR) is 65.7 cm³/mol. The van der Waals surface area contributed by atoms with Gasteiger partial charge in [0.15, 0.2) is 0 Å². The maximum Gasteiger partial charge on any atom is 0.236 e. The molecule has 1 saturated carbocycles. The molecule has 1 fully saturated rings. The van der Waals surface area contributed by atoms with Crippen LogP contribution in [0.2, 0.25) is 0 Å². The van der Waals surface area contributed by atoms with Crippen LogP contribution in [-0.4, -0.2) is 36.0 Å². The highest BCUT2D eigenvalue weighted by atomic mass is 16.1. The molecule has 0 spiro atoms. The number of hydrogen-bond donors (Lipinski definition) is 2. The maximum atomic E-state index is 10.8. The number of aromatic nitrogens is 2. The molecule has 3 N–H and O–H groups in total. The van der Waals surface area contributed by atoms with Crippen molar-refractivity contribution in [2.24, 2.45) is 11.7 Å². The number of anilines is 2. The van der Waals surface area contributed by atoms with E-state index in [0.717, 1.165) is 18.3 Å². The Morgan fingerprint density at radius 1 is 1.59 bits per heavy atom. The van der Waals surface area contributed by atoms with Crippen LogP contribution in [0.5, 0.6) is 0 Å². The molecule has 0 unspecified atom stereocenters. The first-order valence-corrected chi connectivity index (χ1v) is 5.70. The highest BCUT2D eigenvalue weighted by Crippen LogP contribution is 2.28. The van der Waals surface area contributed by atoms with E-state index < -0.39 is 0 Å². The molecule has 0 bridgehead atoms. The van der Waals surface area contributed by atoms with Crippen molar-refractivity contribution in [3.05, 3.63) is 12.4 Å². The van der Waals surface area contributed by atoms with Gasteiger partial charge in [-0.1, -0.05) is 0 Å². The van der Waals surface area contributed by atoms with Crippen LogP contribution in [0.1, 0.15) is 12.8 Å². The second-order valence-electron chi connectivity index (χ2n) is 4.41. The quantitative estimate of drug-likeness (QED) is 0.737. The summed E-state index contributed by atoms with van der Waals surface area (Å²) < 4.78 is 0. The minimum absolute atomic E-state index is 0.152. The molecule has 0 radical (unpaired) electrons. The summed E-state index contributed by atoms with van der Waals surface area (Å²) in [5.74, 6) is 1.89. The molecule has 0 aromatic carbocycles. The van der Waals surface area contributed by atoms with E-state index in [1.165, 1.54) is 19.2 Å². The van der Waals surface area contributed by atoms with Crippen molar-refractivity contribution in [3.8, 4) is 0 Å². The molecule has 2 rings (SSSR count). The van der Waals surface area contributed by atoms with Crippen LogP contribution in [0, 0.1) is 5.92 Å². The number of nitrogens with zero attached hydrogens (tertiary/aromatic N) is 3. The van der Waals surface area contributed by atoms with Gasteiger partial charge in [0, 0.05) is 19.7 Å². The van der Waals surface area contributed by atoms with E-state index in [-0.39, 0.29) is 12.5 Å². The molecule has 1 aliphatic rings. The monoisotopic (exact) mass is 235 g/mol. The molecule has 1 aromatic heterocycles. The second-order valence-corrected chi connectivity index (χ2v) is 4.41. The van der Waals surface area contributed by atoms with Crippen molar-refractivity contribution in [1.82, 2.24) is 9.97 Å². The first-order chi connectivity index (χ1) is 8.15.